The van der Waals surface area contributed by atoms with Gasteiger partial charge in [0.1, 0.15) is 31.5 Å². The van der Waals surface area contributed by atoms with Crippen LogP contribution in [0.2, 0.25) is 36.3 Å². The van der Waals surface area contributed by atoms with Gasteiger partial charge in [0, 0.05) is 34.0 Å². The Morgan fingerprint density at radius 1 is 1.05 bits per heavy atom. The Balaban J connectivity index is 1.84. The summed E-state index contributed by atoms with van der Waals surface area (Å²) in [5.41, 5.74) is 1.41. The van der Waals surface area contributed by atoms with Crippen molar-refractivity contribution < 1.29 is 27.5 Å². The Hall–Kier alpha value is -1.31. The maximum absolute atomic E-state index is 6.82. The van der Waals surface area contributed by atoms with E-state index in [4.69, 9.17) is 32.5 Å². The lowest BCUT2D eigenvalue weighted by Gasteiger charge is -2.46. The van der Waals surface area contributed by atoms with E-state index in [0.717, 1.165) is 11.8 Å². The molecule has 0 aromatic carbocycles. The van der Waals surface area contributed by atoms with Crippen LogP contribution in [0.4, 0.5) is 0 Å². The molecule has 3 heterocycles. The molecular weight excluding hydrogens is 528 g/mol. The van der Waals surface area contributed by atoms with Crippen LogP contribution in [0.15, 0.2) is 15.1 Å². The highest BCUT2D eigenvalue weighted by molar-refractivity contribution is 6.92. The SMILES string of the molecule is CO[C@H](C[C@H]1C[C@@H](O[Si](C)(C)C(C)(C)C)C[C@](C)(OC)O1)c1coc(-c2nc(C)oc2[Si](C)(C)C(C)(C)C)n1. The summed E-state index contributed by atoms with van der Waals surface area (Å²) in [5.74, 6) is 0.365. The quantitative estimate of drug-likeness (QED) is 0.284. The van der Waals surface area contributed by atoms with Gasteiger partial charge in [-0.2, -0.15) is 0 Å². The second kappa shape index (κ2) is 11.2. The maximum Gasteiger partial charge on any atom is 0.248 e. The average Bonchev–Trinajstić information content (AvgIpc) is 3.42. The second-order valence-corrected chi connectivity index (χ2v) is 24.3. The van der Waals surface area contributed by atoms with E-state index in [1.165, 1.54) is 0 Å². The fraction of sp³-hybridized carbons (Fsp3) is 0.793. The van der Waals surface area contributed by atoms with Gasteiger partial charge in [0.2, 0.25) is 5.89 Å². The zero-order valence-corrected chi connectivity index (χ0v) is 28.8. The Bertz CT molecular complexity index is 1110. The van der Waals surface area contributed by atoms with Crippen LogP contribution in [0.25, 0.3) is 11.6 Å². The van der Waals surface area contributed by atoms with Crippen molar-refractivity contribution in [3.05, 3.63) is 17.8 Å². The fourth-order valence-electron chi connectivity index (χ4n) is 4.65. The molecule has 10 heteroatoms. The molecule has 3 rings (SSSR count). The predicted molar refractivity (Wildman–Crippen MR) is 160 cm³/mol. The number of oxazole rings is 2. The summed E-state index contributed by atoms with van der Waals surface area (Å²) in [5, 5.41) is 1.11. The van der Waals surface area contributed by atoms with Crippen molar-refractivity contribution in [2.75, 3.05) is 14.2 Å². The highest BCUT2D eigenvalue weighted by Gasteiger charge is 2.46. The molecule has 2 aromatic rings. The van der Waals surface area contributed by atoms with Crippen LogP contribution < -0.4 is 5.38 Å². The number of rotatable bonds is 9. The third-order valence-electron chi connectivity index (χ3n) is 9.23. The number of aryl methyl sites for hydroxylation is 1. The molecular formula is C29H52N2O6Si2. The molecule has 0 spiro atoms. The van der Waals surface area contributed by atoms with Gasteiger partial charge in [0.15, 0.2) is 25.7 Å². The predicted octanol–water partition coefficient (Wildman–Crippen LogP) is 7.36. The largest absolute Gasteiger partial charge is 0.450 e. The standard InChI is InChI=1S/C29H52N2O6Si2/c1-19-30-24(26(35-19)38(11,12)27(2,3)4)25-31-22(18-34-25)23(32-9)16-20-15-21(17-29(8,33-10)36-20)37-39(13,14)28(5,6)7/h18,20-21,23H,15-17H2,1-14H3/t20-,21-,23-,29-/m1/s1. The molecule has 1 saturated heterocycles. The Labute approximate surface area is 237 Å². The smallest absolute Gasteiger partial charge is 0.248 e. The first-order valence-electron chi connectivity index (χ1n) is 14.1. The Morgan fingerprint density at radius 2 is 1.69 bits per heavy atom. The molecule has 2 aromatic heterocycles. The van der Waals surface area contributed by atoms with Gasteiger partial charge < -0.3 is 27.5 Å². The van der Waals surface area contributed by atoms with Crippen LogP contribution in [0.5, 0.6) is 0 Å². The number of aromatic nitrogens is 2. The summed E-state index contributed by atoms with van der Waals surface area (Å²) in [6.45, 7) is 26.6. The molecule has 0 N–H and O–H groups in total. The van der Waals surface area contributed by atoms with E-state index in [1.807, 2.05) is 13.8 Å². The first-order chi connectivity index (χ1) is 17.7. The van der Waals surface area contributed by atoms with Gasteiger partial charge in [-0.3, -0.25) is 0 Å². The monoisotopic (exact) mass is 580 g/mol. The molecule has 0 unspecified atom stereocenters. The topological polar surface area (TPSA) is 89.0 Å². The van der Waals surface area contributed by atoms with E-state index in [1.54, 1.807) is 20.5 Å². The molecule has 8 nitrogen and oxygen atoms in total. The minimum atomic E-state index is -2.02. The van der Waals surface area contributed by atoms with Crippen molar-refractivity contribution in [1.82, 2.24) is 9.97 Å². The van der Waals surface area contributed by atoms with Crippen LogP contribution in [0.1, 0.15) is 85.4 Å². The fourth-order valence-corrected chi connectivity index (χ4v) is 7.86. The zero-order chi connectivity index (χ0) is 29.6. The van der Waals surface area contributed by atoms with Crippen molar-refractivity contribution in [2.45, 2.75) is 135 Å². The molecule has 4 atom stereocenters. The molecule has 0 amide bonds. The molecule has 39 heavy (non-hydrogen) atoms. The lowest BCUT2D eigenvalue weighted by Crippen LogP contribution is -2.51. The van der Waals surface area contributed by atoms with Crippen molar-refractivity contribution in [1.29, 1.82) is 0 Å². The van der Waals surface area contributed by atoms with Gasteiger partial charge in [-0.1, -0.05) is 54.6 Å². The molecule has 222 valence electrons. The summed E-state index contributed by atoms with van der Waals surface area (Å²) in [4.78, 5) is 9.54. The molecule has 1 aliphatic heterocycles. The van der Waals surface area contributed by atoms with Crippen molar-refractivity contribution in [2.24, 2.45) is 0 Å². The molecule has 0 aliphatic carbocycles. The van der Waals surface area contributed by atoms with E-state index in [9.17, 15) is 0 Å². The third-order valence-corrected chi connectivity index (χ3v) is 19.0. The van der Waals surface area contributed by atoms with Crippen molar-refractivity contribution in [3.8, 4) is 11.6 Å². The molecule has 0 bridgehead atoms. The van der Waals surface area contributed by atoms with Crippen molar-refractivity contribution in [3.63, 3.8) is 0 Å². The number of nitrogens with zero attached hydrogens (tertiary/aromatic N) is 2. The normalized spacial score (nSPS) is 24.3. The van der Waals surface area contributed by atoms with Crippen LogP contribution in [0, 0.1) is 6.92 Å². The Kier molecular flexibility index (Phi) is 9.23. The van der Waals surface area contributed by atoms with Gasteiger partial charge >= 0.3 is 0 Å². The number of hydrogen-bond donors (Lipinski definition) is 0. The summed E-state index contributed by atoms with van der Waals surface area (Å²) in [6.07, 6.45) is 3.35. The third kappa shape index (κ3) is 6.95. The van der Waals surface area contributed by atoms with Crippen LogP contribution in [0.3, 0.4) is 0 Å². The van der Waals surface area contributed by atoms with Gasteiger partial charge in [-0.05, 0) is 36.5 Å². The maximum atomic E-state index is 6.82. The number of hydrogen-bond acceptors (Lipinski definition) is 8. The van der Waals surface area contributed by atoms with Crippen molar-refractivity contribution >= 4 is 21.8 Å². The van der Waals surface area contributed by atoms with E-state index in [0.29, 0.717) is 36.0 Å². The highest BCUT2D eigenvalue weighted by atomic mass is 28.4. The lowest BCUT2D eigenvalue weighted by molar-refractivity contribution is -0.277. The summed E-state index contributed by atoms with van der Waals surface area (Å²) in [7, 11) is -0.579. The van der Waals surface area contributed by atoms with E-state index in [-0.39, 0.29) is 28.4 Å². The highest BCUT2D eigenvalue weighted by Crippen LogP contribution is 2.42. The number of ether oxygens (including phenoxy) is 3. The van der Waals surface area contributed by atoms with Gasteiger partial charge in [0.05, 0.1) is 12.2 Å². The molecule has 0 saturated carbocycles. The second-order valence-electron chi connectivity index (χ2n) is 14.3. The summed E-state index contributed by atoms with van der Waals surface area (Å²) in [6, 6.07) is 0. The summed E-state index contributed by atoms with van der Waals surface area (Å²) >= 11 is 0. The summed E-state index contributed by atoms with van der Waals surface area (Å²) < 4.78 is 37.2. The van der Waals surface area contributed by atoms with E-state index in [2.05, 4.69) is 72.7 Å². The van der Waals surface area contributed by atoms with E-state index < -0.39 is 22.2 Å². The average molecular weight is 581 g/mol. The minimum Gasteiger partial charge on any atom is -0.450 e. The van der Waals surface area contributed by atoms with Gasteiger partial charge in [0.25, 0.3) is 0 Å². The van der Waals surface area contributed by atoms with Crippen LogP contribution in [-0.4, -0.2) is 58.6 Å². The molecule has 1 aliphatic rings. The first kappa shape index (κ1) is 32.2. The lowest BCUT2D eigenvalue weighted by atomic mass is 9.95. The van der Waals surface area contributed by atoms with Gasteiger partial charge in [-0.25, -0.2) is 9.97 Å². The number of methoxy groups -OCH3 is 2. The molecule has 1 fully saturated rings. The first-order valence-corrected chi connectivity index (χ1v) is 20.0. The van der Waals surface area contributed by atoms with Crippen LogP contribution >= 0.6 is 0 Å². The minimum absolute atomic E-state index is 0.0465. The van der Waals surface area contributed by atoms with E-state index >= 15 is 0 Å². The van der Waals surface area contributed by atoms with Crippen LogP contribution in [-0.2, 0) is 18.6 Å². The Morgan fingerprint density at radius 3 is 2.23 bits per heavy atom. The van der Waals surface area contributed by atoms with Gasteiger partial charge in [-0.15, -0.1) is 0 Å². The zero-order valence-electron chi connectivity index (χ0n) is 26.8. The molecule has 0 radical (unpaired) electrons.